The molecule has 4 nitrogen and oxygen atoms in total. The van der Waals surface area contributed by atoms with Crippen molar-refractivity contribution in [2.75, 3.05) is 0 Å². The van der Waals surface area contributed by atoms with Gasteiger partial charge >= 0.3 is 0 Å². The summed E-state index contributed by atoms with van der Waals surface area (Å²) in [5, 5.41) is 11.7. The van der Waals surface area contributed by atoms with Gasteiger partial charge in [0.1, 0.15) is 5.15 Å². The van der Waals surface area contributed by atoms with Crippen molar-refractivity contribution in [3.8, 4) is 6.07 Å². The normalized spacial score (nSPS) is 11.6. The minimum Gasteiger partial charge on any atom is -0.348 e. The minimum atomic E-state index is -0.307. The monoisotopic (exact) mass is 271 g/mol. The number of rotatable bonds is 4. The number of hydrogen-bond acceptors (Lipinski definition) is 3. The van der Waals surface area contributed by atoms with Crippen LogP contribution in [-0.2, 0) is 0 Å². The van der Waals surface area contributed by atoms with Gasteiger partial charge in [-0.05, 0) is 12.5 Å². The van der Waals surface area contributed by atoms with Gasteiger partial charge in [-0.2, -0.15) is 5.26 Å². The van der Waals surface area contributed by atoms with Crippen molar-refractivity contribution < 1.29 is 4.79 Å². The fourth-order valence-corrected chi connectivity index (χ4v) is 1.49. The Morgan fingerprint density at radius 2 is 2.35 bits per heavy atom. The quantitative estimate of drug-likeness (QED) is 0.857. The van der Waals surface area contributed by atoms with Gasteiger partial charge < -0.3 is 5.32 Å². The van der Waals surface area contributed by atoms with Gasteiger partial charge in [0.05, 0.1) is 23.1 Å². The summed E-state index contributed by atoms with van der Waals surface area (Å²) in [6.07, 6.45) is 2.31. The maximum atomic E-state index is 11.8. The molecule has 0 aliphatic carbocycles. The molecule has 1 amide bonds. The number of hydrogen-bond donors (Lipinski definition) is 1. The predicted molar refractivity (Wildman–Crippen MR) is 66.0 cm³/mol. The van der Waals surface area contributed by atoms with Gasteiger partial charge in [-0.15, -0.1) is 0 Å². The van der Waals surface area contributed by atoms with Crippen molar-refractivity contribution in [3.05, 3.63) is 28.0 Å². The molecule has 0 aliphatic heterocycles. The van der Waals surface area contributed by atoms with Crippen LogP contribution in [0.2, 0.25) is 10.2 Å². The second kappa shape index (κ2) is 6.43. The summed E-state index contributed by atoms with van der Waals surface area (Å²) in [5.41, 5.74) is 0.329. The highest BCUT2D eigenvalue weighted by atomic mass is 35.5. The van der Waals surface area contributed by atoms with Gasteiger partial charge in [0.2, 0.25) is 0 Å². The van der Waals surface area contributed by atoms with Crippen LogP contribution in [0, 0.1) is 11.3 Å². The highest BCUT2D eigenvalue weighted by Gasteiger charge is 2.13. The number of carbonyl (C=O) groups is 1. The zero-order chi connectivity index (χ0) is 12.8. The molecule has 90 valence electrons. The standard InChI is InChI=1S/C11H11Cl2N3O/c1-2-8(3-4-14)16-11(17)7-5-9(12)10(13)15-6-7/h5-6,8H,2-3H2,1H3,(H,16,17). The van der Waals surface area contributed by atoms with E-state index < -0.39 is 0 Å². The molecule has 0 radical (unpaired) electrons. The summed E-state index contributed by atoms with van der Waals surface area (Å²) in [5.74, 6) is -0.307. The van der Waals surface area contributed by atoms with Crippen molar-refractivity contribution in [1.29, 1.82) is 5.26 Å². The van der Waals surface area contributed by atoms with Crippen LogP contribution in [0.1, 0.15) is 30.1 Å². The zero-order valence-corrected chi connectivity index (χ0v) is 10.7. The molecular weight excluding hydrogens is 261 g/mol. The molecule has 1 unspecified atom stereocenters. The van der Waals surface area contributed by atoms with Crippen molar-refractivity contribution in [3.63, 3.8) is 0 Å². The molecule has 0 aliphatic rings. The van der Waals surface area contributed by atoms with Gasteiger partial charge in [-0.1, -0.05) is 30.1 Å². The molecule has 1 N–H and O–H groups in total. The van der Waals surface area contributed by atoms with Gasteiger partial charge in [-0.3, -0.25) is 4.79 Å². The van der Waals surface area contributed by atoms with E-state index in [0.717, 1.165) is 0 Å². The number of nitrogens with zero attached hydrogens (tertiary/aromatic N) is 2. The van der Waals surface area contributed by atoms with Crippen LogP contribution < -0.4 is 5.32 Å². The predicted octanol–water partition coefficient (Wildman–Crippen LogP) is 2.81. The smallest absolute Gasteiger partial charge is 0.253 e. The lowest BCUT2D eigenvalue weighted by Crippen LogP contribution is -2.34. The summed E-state index contributed by atoms with van der Waals surface area (Å²) in [6.45, 7) is 1.90. The van der Waals surface area contributed by atoms with Crippen molar-refractivity contribution in [2.24, 2.45) is 0 Å². The van der Waals surface area contributed by atoms with E-state index in [2.05, 4.69) is 10.3 Å². The molecule has 17 heavy (non-hydrogen) atoms. The molecule has 0 aromatic carbocycles. The molecule has 0 saturated heterocycles. The van der Waals surface area contributed by atoms with Gasteiger partial charge in [0, 0.05) is 12.2 Å². The summed E-state index contributed by atoms with van der Waals surface area (Å²) in [7, 11) is 0. The van der Waals surface area contributed by atoms with E-state index in [1.165, 1.54) is 12.3 Å². The SMILES string of the molecule is CCC(CC#N)NC(=O)c1cnc(Cl)c(Cl)c1. The van der Waals surface area contributed by atoms with Crippen LogP contribution >= 0.6 is 23.2 Å². The van der Waals surface area contributed by atoms with E-state index in [0.29, 0.717) is 12.0 Å². The summed E-state index contributed by atoms with van der Waals surface area (Å²) < 4.78 is 0. The summed E-state index contributed by atoms with van der Waals surface area (Å²) >= 11 is 11.4. The molecule has 0 bridgehead atoms. The Labute approximate surface area is 110 Å². The van der Waals surface area contributed by atoms with Crippen molar-refractivity contribution >= 4 is 29.1 Å². The van der Waals surface area contributed by atoms with E-state index in [1.807, 2.05) is 13.0 Å². The third kappa shape index (κ3) is 3.88. The summed E-state index contributed by atoms with van der Waals surface area (Å²) in [4.78, 5) is 15.6. The first-order valence-corrected chi connectivity index (χ1v) is 5.83. The molecular formula is C11H11Cl2N3O. The molecule has 1 aromatic heterocycles. The number of nitrogens with one attached hydrogen (secondary N) is 1. The van der Waals surface area contributed by atoms with Crippen LogP contribution in [0.25, 0.3) is 0 Å². The van der Waals surface area contributed by atoms with Crippen molar-refractivity contribution in [1.82, 2.24) is 10.3 Å². The third-order valence-electron chi connectivity index (χ3n) is 2.22. The van der Waals surface area contributed by atoms with Gasteiger partial charge in [-0.25, -0.2) is 4.98 Å². The number of carbonyl (C=O) groups excluding carboxylic acids is 1. The first kappa shape index (κ1) is 13.8. The molecule has 1 heterocycles. The van der Waals surface area contributed by atoms with Gasteiger partial charge in [0.25, 0.3) is 5.91 Å². The number of halogens is 2. The Balaban J connectivity index is 2.76. The highest BCUT2D eigenvalue weighted by Crippen LogP contribution is 2.19. The Bertz CT molecular complexity index is 457. The molecule has 1 rings (SSSR count). The van der Waals surface area contributed by atoms with E-state index in [4.69, 9.17) is 28.5 Å². The van der Waals surface area contributed by atoms with Crippen LogP contribution in [0.4, 0.5) is 0 Å². The second-order valence-electron chi connectivity index (χ2n) is 3.44. The molecule has 0 fully saturated rings. The molecule has 0 spiro atoms. The average molecular weight is 272 g/mol. The van der Waals surface area contributed by atoms with E-state index in [1.54, 1.807) is 0 Å². The van der Waals surface area contributed by atoms with E-state index in [-0.39, 0.29) is 28.5 Å². The minimum absolute atomic E-state index is 0.160. The maximum absolute atomic E-state index is 11.8. The maximum Gasteiger partial charge on any atom is 0.253 e. The lowest BCUT2D eigenvalue weighted by Gasteiger charge is -2.13. The third-order valence-corrected chi connectivity index (χ3v) is 2.91. The first-order chi connectivity index (χ1) is 8.08. The zero-order valence-electron chi connectivity index (χ0n) is 9.20. The number of nitriles is 1. The van der Waals surface area contributed by atoms with Crippen LogP contribution in [-0.4, -0.2) is 16.9 Å². The average Bonchev–Trinajstić information content (AvgIpc) is 2.31. The van der Waals surface area contributed by atoms with Crippen LogP contribution in [0.5, 0.6) is 0 Å². The molecule has 6 heteroatoms. The topological polar surface area (TPSA) is 65.8 Å². The number of aromatic nitrogens is 1. The van der Waals surface area contributed by atoms with Crippen LogP contribution in [0.3, 0.4) is 0 Å². The Hall–Kier alpha value is -1.31. The number of amides is 1. The Kier molecular flexibility index (Phi) is 5.20. The lowest BCUT2D eigenvalue weighted by atomic mass is 10.1. The second-order valence-corrected chi connectivity index (χ2v) is 4.20. The molecule has 1 aromatic rings. The van der Waals surface area contributed by atoms with E-state index in [9.17, 15) is 4.79 Å². The summed E-state index contributed by atoms with van der Waals surface area (Å²) in [6, 6.07) is 3.30. The van der Waals surface area contributed by atoms with Gasteiger partial charge in [0.15, 0.2) is 0 Å². The van der Waals surface area contributed by atoms with E-state index >= 15 is 0 Å². The Morgan fingerprint density at radius 1 is 1.65 bits per heavy atom. The fourth-order valence-electron chi connectivity index (χ4n) is 1.22. The Morgan fingerprint density at radius 3 is 2.88 bits per heavy atom. The largest absolute Gasteiger partial charge is 0.348 e. The molecule has 1 atom stereocenters. The lowest BCUT2D eigenvalue weighted by molar-refractivity contribution is 0.0936. The fraction of sp³-hybridized carbons (Fsp3) is 0.364. The highest BCUT2D eigenvalue weighted by molar-refractivity contribution is 6.41. The van der Waals surface area contributed by atoms with Crippen molar-refractivity contribution in [2.45, 2.75) is 25.8 Å². The first-order valence-electron chi connectivity index (χ1n) is 5.07. The molecule has 0 saturated carbocycles. The number of pyridine rings is 1. The van der Waals surface area contributed by atoms with Crippen LogP contribution in [0.15, 0.2) is 12.3 Å².